The minimum absolute atomic E-state index is 0.130. The molecule has 162 valence electrons. The van der Waals surface area contributed by atoms with E-state index in [1.807, 2.05) is 18.2 Å². The summed E-state index contributed by atoms with van der Waals surface area (Å²) in [7, 11) is 0. The number of fused-ring (bicyclic) bond motifs is 1. The Balaban J connectivity index is 1.39. The van der Waals surface area contributed by atoms with Gasteiger partial charge >= 0.3 is 0 Å². The zero-order valence-electron chi connectivity index (χ0n) is 16.0. The van der Waals surface area contributed by atoms with Crippen LogP contribution in [0.1, 0.15) is 12.8 Å². The zero-order chi connectivity index (χ0) is 21.3. The second kappa shape index (κ2) is 11.7. The molecule has 0 aromatic heterocycles. The maximum absolute atomic E-state index is 6.25. The van der Waals surface area contributed by atoms with E-state index in [-0.39, 0.29) is 11.1 Å². The molecule has 0 fully saturated rings. The van der Waals surface area contributed by atoms with E-state index in [2.05, 4.69) is 0 Å². The van der Waals surface area contributed by atoms with Crippen molar-refractivity contribution in [2.24, 2.45) is 0 Å². The molecule has 0 radical (unpaired) electrons. The van der Waals surface area contributed by atoms with E-state index in [0.717, 1.165) is 24.3 Å². The van der Waals surface area contributed by atoms with Crippen molar-refractivity contribution in [2.75, 3.05) is 33.0 Å². The number of hydrogen-bond acceptors (Lipinski definition) is 5. The number of ether oxygens (including phenoxy) is 5. The summed E-state index contributed by atoms with van der Waals surface area (Å²) in [6, 6.07) is 8.81. The van der Waals surface area contributed by atoms with Crippen LogP contribution in [0.4, 0.5) is 0 Å². The van der Waals surface area contributed by atoms with Gasteiger partial charge in [-0.3, -0.25) is 0 Å². The van der Waals surface area contributed by atoms with Crippen LogP contribution >= 0.6 is 46.4 Å². The Labute approximate surface area is 195 Å². The molecule has 2 aromatic carbocycles. The van der Waals surface area contributed by atoms with Crippen molar-refractivity contribution in [1.29, 1.82) is 0 Å². The van der Waals surface area contributed by atoms with Crippen molar-refractivity contribution in [3.63, 3.8) is 0 Å². The van der Waals surface area contributed by atoms with Crippen LogP contribution in [0.2, 0.25) is 10.0 Å². The van der Waals surface area contributed by atoms with Gasteiger partial charge in [0.05, 0.1) is 23.3 Å². The SMILES string of the molecule is ClC(Cl)=CCOc1cc(Cl)c(OCCCCOc2ccc3c(c2)OCCO3)c(Cl)c1. The molecule has 0 aliphatic carbocycles. The zero-order valence-corrected chi connectivity index (χ0v) is 19.0. The third-order valence-electron chi connectivity index (χ3n) is 4.03. The summed E-state index contributed by atoms with van der Waals surface area (Å²) >= 11 is 23.6. The predicted molar refractivity (Wildman–Crippen MR) is 119 cm³/mol. The molecular formula is C21H20Cl4O5. The standard InChI is InChI=1S/C21H20Cl4O5/c22-16-11-15(27-8-5-20(24)25)12-17(23)21(16)30-7-2-1-6-26-14-3-4-18-19(13-14)29-10-9-28-18/h3-5,11-13H,1-2,6-10H2. The Hall–Kier alpha value is -1.66. The van der Waals surface area contributed by atoms with Crippen LogP contribution in [0, 0.1) is 0 Å². The highest BCUT2D eigenvalue weighted by Crippen LogP contribution is 2.37. The fraction of sp³-hybridized carbons (Fsp3) is 0.333. The van der Waals surface area contributed by atoms with E-state index in [4.69, 9.17) is 70.1 Å². The van der Waals surface area contributed by atoms with E-state index >= 15 is 0 Å². The molecule has 1 aliphatic heterocycles. The van der Waals surface area contributed by atoms with Gasteiger partial charge in [-0.25, -0.2) is 0 Å². The fourth-order valence-corrected chi connectivity index (χ4v) is 3.34. The van der Waals surface area contributed by atoms with Gasteiger partial charge in [-0.2, -0.15) is 0 Å². The Kier molecular flexibility index (Phi) is 8.94. The molecule has 3 rings (SSSR count). The molecule has 30 heavy (non-hydrogen) atoms. The van der Waals surface area contributed by atoms with E-state index in [1.165, 1.54) is 6.08 Å². The van der Waals surface area contributed by atoms with Gasteiger partial charge in [0.2, 0.25) is 0 Å². The normalized spacial score (nSPS) is 12.3. The summed E-state index contributed by atoms with van der Waals surface area (Å²) in [5, 5.41) is 0.733. The molecule has 0 spiro atoms. The van der Waals surface area contributed by atoms with Crippen molar-refractivity contribution in [3.8, 4) is 28.7 Å². The van der Waals surface area contributed by atoms with E-state index in [9.17, 15) is 0 Å². The van der Waals surface area contributed by atoms with Crippen LogP contribution in [-0.4, -0.2) is 33.0 Å². The second-order valence-electron chi connectivity index (χ2n) is 6.23. The topological polar surface area (TPSA) is 46.2 Å². The highest BCUT2D eigenvalue weighted by atomic mass is 35.5. The van der Waals surface area contributed by atoms with E-state index < -0.39 is 0 Å². The summed E-state index contributed by atoms with van der Waals surface area (Å²) in [6.07, 6.45) is 3.09. The van der Waals surface area contributed by atoms with Gasteiger partial charge in [0.1, 0.15) is 35.8 Å². The maximum atomic E-state index is 6.25. The van der Waals surface area contributed by atoms with Crippen LogP contribution in [-0.2, 0) is 0 Å². The molecular weight excluding hydrogens is 474 g/mol. The number of unbranched alkanes of at least 4 members (excludes halogenated alkanes) is 1. The summed E-state index contributed by atoms with van der Waals surface area (Å²) in [4.78, 5) is 0. The van der Waals surface area contributed by atoms with Gasteiger partial charge in [0.15, 0.2) is 17.2 Å². The lowest BCUT2D eigenvalue weighted by Crippen LogP contribution is -2.15. The highest BCUT2D eigenvalue weighted by molar-refractivity contribution is 6.55. The van der Waals surface area contributed by atoms with E-state index in [0.29, 0.717) is 53.7 Å². The average molecular weight is 494 g/mol. The van der Waals surface area contributed by atoms with Gasteiger partial charge in [0, 0.05) is 18.2 Å². The number of benzene rings is 2. The molecule has 0 unspecified atom stereocenters. The van der Waals surface area contributed by atoms with Gasteiger partial charge in [0.25, 0.3) is 0 Å². The quantitative estimate of drug-likeness (QED) is 0.344. The summed E-state index contributed by atoms with van der Waals surface area (Å²) < 4.78 is 28.1. The van der Waals surface area contributed by atoms with Gasteiger partial charge in [-0.1, -0.05) is 46.4 Å². The smallest absolute Gasteiger partial charge is 0.165 e. The molecule has 0 bridgehead atoms. The van der Waals surface area contributed by atoms with Gasteiger partial charge in [-0.05, 0) is 31.1 Å². The molecule has 0 saturated carbocycles. The maximum Gasteiger partial charge on any atom is 0.165 e. The monoisotopic (exact) mass is 492 g/mol. The molecule has 0 amide bonds. The van der Waals surface area contributed by atoms with Crippen LogP contribution in [0.5, 0.6) is 28.7 Å². The fourth-order valence-electron chi connectivity index (χ4n) is 2.64. The molecule has 5 nitrogen and oxygen atoms in total. The molecule has 0 N–H and O–H groups in total. The predicted octanol–water partition coefficient (Wildman–Crippen LogP) is 6.70. The molecule has 2 aromatic rings. The lowest BCUT2D eigenvalue weighted by atomic mass is 10.3. The van der Waals surface area contributed by atoms with Gasteiger partial charge < -0.3 is 23.7 Å². The van der Waals surface area contributed by atoms with Gasteiger partial charge in [-0.15, -0.1) is 0 Å². The van der Waals surface area contributed by atoms with Crippen molar-refractivity contribution in [3.05, 3.63) is 50.9 Å². The molecule has 1 heterocycles. The lowest BCUT2D eigenvalue weighted by Gasteiger charge is -2.19. The number of halogens is 4. The number of hydrogen-bond donors (Lipinski definition) is 0. The first-order chi connectivity index (χ1) is 14.5. The lowest BCUT2D eigenvalue weighted by molar-refractivity contribution is 0.170. The Morgan fingerprint density at radius 3 is 2.20 bits per heavy atom. The average Bonchev–Trinajstić information content (AvgIpc) is 2.71. The third-order valence-corrected chi connectivity index (χ3v) is 4.90. The Bertz CT molecular complexity index is 861. The van der Waals surface area contributed by atoms with Crippen molar-refractivity contribution in [1.82, 2.24) is 0 Å². The van der Waals surface area contributed by atoms with Crippen molar-refractivity contribution >= 4 is 46.4 Å². The largest absolute Gasteiger partial charge is 0.493 e. The number of rotatable bonds is 10. The first-order valence-corrected chi connectivity index (χ1v) is 10.8. The first kappa shape index (κ1) is 23.0. The second-order valence-corrected chi connectivity index (χ2v) is 8.05. The minimum Gasteiger partial charge on any atom is -0.493 e. The molecule has 0 atom stereocenters. The minimum atomic E-state index is 0.130. The van der Waals surface area contributed by atoms with Crippen molar-refractivity contribution < 1.29 is 23.7 Å². The van der Waals surface area contributed by atoms with E-state index in [1.54, 1.807) is 12.1 Å². The first-order valence-electron chi connectivity index (χ1n) is 9.31. The molecule has 0 saturated heterocycles. The van der Waals surface area contributed by atoms with Crippen LogP contribution in [0.15, 0.2) is 40.9 Å². The van der Waals surface area contributed by atoms with Crippen LogP contribution in [0.25, 0.3) is 0 Å². The van der Waals surface area contributed by atoms with Crippen molar-refractivity contribution in [2.45, 2.75) is 12.8 Å². The molecule has 1 aliphatic rings. The van der Waals surface area contributed by atoms with Crippen LogP contribution in [0.3, 0.4) is 0 Å². The summed E-state index contributed by atoms with van der Waals surface area (Å²) in [5.74, 6) is 3.11. The Morgan fingerprint density at radius 1 is 0.833 bits per heavy atom. The third kappa shape index (κ3) is 6.95. The highest BCUT2D eigenvalue weighted by Gasteiger charge is 2.13. The van der Waals surface area contributed by atoms with Crippen LogP contribution < -0.4 is 23.7 Å². The molecule has 9 heteroatoms. The summed E-state index contributed by atoms with van der Waals surface area (Å²) in [5.41, 5.74) is 0. The summed E-state index contributed by atoms with van der Waals surface area (Å²) in [6.45, 7) is 2.32. The Morgan fingerprint density at radius 2 is 1.50 bits per heavy atom.